The molecule has 7 nitrogen and oxygen atoms in total. The lowest BCUT2D eigenvalue weighted by atomic mass is 9.74. The molecule has 20 heavy (non-hydrogen) atoms. The molecule has 1 heterocycles. The van der Waals surface area contributed by atoms with E-state index in [-0.39, 0.29) is 12.5 Å². The van der Waals surface area contributed by atoms with Gasteiger partial charge in [-0.3, -0.25) is 9.48 Å². The Morgan fingerprint density at radius 1 is 1.55 bits per heavy atom. The minimum atomic E-state index is -0.875. The van der Waals surface area contributed by atoms with Crippen LogP contribution in [0.25, 0.3) is 0 Å². The minimum absolute atomic E-state index is 0.0144. The molecule has 1 aromatic rings. The summed E-state index contributed by atoms with van der Waals surface area (Å²) in [5, 5.41) is 15.8. The summed E-state index contributed by atoms with van der Waals surface area (Å²) in [6.07, 6.45) is 5.96. The molecule has 110 valence electrons. The molecular formula is C13H20N4O3. The molecule has 2 amide bonds. The summed E-state index contributed by atoms with van der Waals surface area (Å²) < 4.78 is 1.68. The van der Waals surface area contributed by atoms with Crippen molar-refractivity contribution in [2.24, 2.45) is 7.05 Å². The fourth-order valence-electron chi connectivity index (χ4n) is 2.46. The van der Waals surface area contributed by atoms with Crippen LogP contribution in [0.3, 0.4) is 0 Å². The Morgan fingerprint density at radius 3 is 2.70 bits per heavy atom. The van der Waals surface area contributed by atoms with Gasteiger partial charge in [-0.15, -0.1) is 0 Å². The number of aromatic nitrogens is 2. The summed E-state index contributed by atoms with van der Waals surface area (Å²) in [7, 11) is 3.51. The van der Waals surface area contributed by atoms with Crippen LogP contribution in [0.1, 0.15) is 31.2 Å². The standard InChI is InChI=1S/C13H20N4O3/c1-16(8-10-7-14-17(2)9-10)12(20)15-13(4-3-5-13)6-11(18)19/h7,9H,3-6,8H2,1-2H3,(H,15,20)(H,18,19). The zero-order valence-electron chi connectivity index (χ0n) is 11.8. The number of aryl methyl sites for hydroxylation is 1. The Morgan fingerprint density at radius 2 is 2.25 bits per heavy atom. The summed E-state index contributed by atoms with van der Waals surface area (Å²) in [6, 6.07) is -0.241. The van der Waals surface area contributed by atoms with E-state index in [0.717, 1.165) is 24.8 Å². The van der Waals surface area contributed by atoms with Crippen LogP contribution in [0.4, 0.5) is 4.79 Å². The first kappa shape index (κ1) is 14.4. The molecular weight excluding hydrogens is 260 g/mol. The van der Waals surface area contributed by atoms with Crippen molar-refractivity contribution in [3.05, 3.63) is 18.0 Å². The van der Waals surface area contributed by atoms with Crippen LogP contribution in [0, 0.1) is 0 Å². The zero-order chi connectivity index (χ0) is 14.8. The largest absolute Gasteiger partial charge is 0.481 e. The van der Waals surface area contributed by atoms with Gasteiger partial charge in [0.1, 0.15) is 0 Å². The highest BCUT2D eigenvalue weighted by atomic mass is 16.4. The van der Waals surface area contributed by atoms with Gasteiger partial charge in [0.15, 0.2) is 0 Å². The van der Waals surface area contributed by atoms with Crippen molar-refractivity contribution in [1.29, 1.82) is 0 Å². The molecule has 0 aliphatic heterocycles. The molecule has 1 aliphatic rings. The van der Waals surface area contributed by atoms with Crippen LogP contribution >= 0.6 is 0 Å². The van der Waals surface area contributed by atoms with Crippen LogP contribution in [-0.4, -0.2) is 44.4 Å². The summed E-state index contributed by atoms with van der Waals surface area (Å²) in [4.78, 5) is 24.6. The second-order valence-electron chi connectivity index (χ2n) is 5.51. The number of amides is 2. The smallest absolute Gasteiger partial charge is 0.317 e. The molecule has 1 aliphatic carbocycles. The van der Waals surface area contributed by atoms with E-state index in [1.165, 1.54) is 0 Å². The Labute approximate surface area is 117 Å². The molecule has 0 saturated heterocycles. The van der Waals surface area contributed by atoms with E-state index in [2.05, 4.69) is 10.4 Å². The number of aliphatic carboxylic acids is 1. The van der Waals surface area contributed by atoms with E-state index in [1.807, 2.05) is 13.2 Å². The molecule has 2 rings (SSSR count). The van der Waals surface area contributed by atoms with Crippen molar-refractivity contribution >= 4 is 12.0 Å². The highest BCUT2D eigenvalue weighted by Crippen LogP contribution is 2.35. The number of hydrogen-bond acceptors (Lipinski definition) is 3. The van der Waals surface area contributed by atoms with Crippen molar-refractivity contribution in [3.8, 4) is 0 Å². The molecule has 7 heteroatoms. The predicted molar refractivity (Wildman–Crippen MR) is 72.0 cm³/mol. The van der Waals surface area contributed by atoms with Gasteiger partial charge in [-0.05, 0) is 19.3 Å². The van der Waals surface area contributed by atoms with Gasteiger partial charge in [-0.25, -0.2) is 4.79 Å². The van der Waals surface area contributed by atoms with Crippen LogP contribution in [0.15, 0.2) is 12.4 Å². The maximum absolute atomic E-state index is 12.1. The summed E-state index contributed by atoms with van der Waals surface area (Å²) >= 11 is 0. The maximum atomic E-state index is 12.1. The average molecular weight is 280 g/mol. The van der Waals surface area contributed by atoms with E-state index >= 15 is 0 Å². The van der Waals surface area contributed by atoms with E-state index < -0.39 is 11.5 Å². The van der Waals surface area contributed by atoms with Crippen molar-refractivity contribution in [1.82, 2.24) is 20.0 Å². The quantitative estimate of drug-likeness (QED) is 0.841. The van der Waals surface area contributed by atoms with Crippen LogP contribution in [0.2, 0.25) is 0 Å². The minimum Gasteiger partial charge on any atom is -0.481 e. The number of hydrogen-bond donors (Lipinski definition) is 2. The molecule has 1 saturated carbocycles. The van der Waals surface area contributed by atoms with Crippen molar-refractivity contribution < 1.29 is 14.7 Å². The second-order valence-corrected chi connectivity index (χ2v) is 5.51. The van der Waals surface area contributed by atoms with Gasteiger partial charge < -0.3 is 15.3 Å². The van der Waals surface area contributed by atoms with Gasteiger partial charge in [0, 0.05) is 25.9 Å². The number of carbonyl (C=O) groups excluding carboxylic acids is 1. The van der Waals surface area contributed by atoms with Gasteiger partial charge in [0.25, 0.3) is 0 Å². The van der Waals surface area contributed by atoms with E-state index in [9.17, 15) is 9.59 Å². The first-order valence-corrected chi connectivity index (χ1v) is 6.63. The monoisotopic (exact) mass is 280 g/mol. The number of nitrogens with one attached hydrogen (secondary N) is 1. The molecule has 0 unspecified atom stereocenters. The lowest BCUT2D eigenvalue weighted by Crippen LogP contribution is -2.57. The highest BCUT2D eigenvalue weighted by molar-refractivity contribution is 5.77. The highest BCUT2D eigenvalue weighted by Gasteiger charge is 2.40. The Bertz CT molecular complexity index is 507. The Hall–Kier alpha value is -2.05. The first-order chi connectivity index (χ1) is 9.40. The molecule has 0 spiro atoms. The van der Waals surface area contributed by atoms with E-state index in [4.69, 9.17) is 5.11 Å². The van der Waals surface area contributed by atoms with Crippen LogP contribution in [0.5, 0.6) is 0 Å². The number of carbonyl (C=O) groups is 2. The van der Waals surface area contributed by atoms with Gasteiger partial charge in [0.2, 0.25) is 0 Å². The van der Waals surface area contributed by atoms with E-state index in [1.54, 1.807) is 22.8 Å². The molecule has 1 aromatic heterocycles. The first-order valence-electron chi connectivity index (χ1n) is 6.63. The number of nitrogens with zero attached hydrogens (tertiary/aromatic N) is 3. The number of rotatable bonds is 5. The predicted octanol–water partition coefficient (Wildman–Crippen LogP) is 0.959. The molecule has 0 radical (unpaired) electrons. The fourth-order valence-corrected chi connectivity index (χ4v) is 2.46. The third-order valence-corrected chi connectivity index (χ3v) is 3.70. The van der Waals surface area contributed by atoms with Crippen molar-refractivity contribution in [2.45, 2.75) is 37.8 Å². The fraction of sp³-hybridized carbons (Fsp3) is 0.615. The van der Waals surface area contributed by atoms with Crippen LogP contribution in [-0.2, 0) is 18.4 Å². The average Bonchev–Trinajstić information content (AvgIpc) is 2.71. The SMILES string of the molecule is CN(Cc1cnn(C)c1)C(=O)NC1(CC(=O)O)CCC1. The van der Waals surface area contributed by atoms with Gasteiger partial charge >= 0.3 is 12.0 Å². The molecule has 1 fully saturated rings. The third-order valence-electron chi connectivity index (χ3n) is 3.70. The number of carboxylic acid groups (broad SMARTS) is 1. The molecule has 2 N–H and O–H groups in total. The van der Waals surface area contributed by atoms with Gasteiger partial charge in [0.05, 0.1) is 24.7 Å². The summed E-state index contributed by atoms with van der Waals surface area (Å²) in [6.45, 7) is 0.447. The summed E-state index contributed by atoms with van der Waals surface area (Å²) in [5.74, 6) is -0.875. The Kier molecular flexibility index (Phi) is 3.96. The lowest BCUT2D eigenvalue weighted by molar-refractivity contribution is -0.139. The number of urea groups is 1. The number of carboxylic acids is 1. The molecule has 0 aromatic carbocycles. The third kappa shape index (κ3) is 3.28. The van der Waals surface area contributed by atoms with Gasteiger partial charge in [-0.2, -0.15) is 5.10 Å². The van der Waals surface area contributed by atoms with Crippen LogP contribution < -0.4 is 5.32 Å². The summed E-state index contributed by atoms with van der Waals surface area (Å²) in [5.41, 5.74) is 0.373. The molecule has 0 atom stereocenters. The van der Waals surface area contributed by atoms with E-state index in [0.29, 0.717) is 6.54 Å². The maximum Gasteiger partial charge on any atom is 0.317 e. The molecule has 0 bridgehead atoms. The topological polar surface area (TPSA) is 87.5 Å². The normalized spacial score (nSPS) is 16.3. The zero-order valence-corrected chi connectivity index (χ0v) is 11.8. The van der Waals surface area contributed by atoms with Crippen molar-refractivity contribution in [3.63, 3.8) is 0 Å². The second kappa shape index (κ2) is 5.52. The Balaban J connectivity index is 1.91. The lowest BCUT2D eigenvalue weighted by Gasteiger charge is -2.42. The van der Waals surface area contributed by atoms with Gasteiger partial charge in [-0.1, -0.05) is 0 Å². The van der Waals surface area contributed by atoms with Crippen molar-refractivity contribution in [2.75, 3.05) is 7.05 Å².